The first-order valence-corrected chi connectivity index (χ1v) is 6.09. The van der Waals surface area contributed by atoms with Gasteiger partial charge >= 0.3 is 5.69 Å². The van der Waals surface area contributed by atoms with Gasteiger partial charge in [-0.15, -0.1) is 0 Å². The molecule has 0 aliphatic heterocycles. The summed E-state index contributed by atoms with van der Waals surface area (Å²) in [6.07, 6.45) is 4.33. The van der Waals surface area contributed by atoms with Crippen LogP contribution in [0, 0.1) is 17.1 Å². The molecule has 0 bridgehead atoms. The van der Waals surface area contributed by atoms with E-state index in [9.17, 15) is 9.18 Å². The van der Waals surface area contributed by atoms with E-state index in [0.29, 0.717) is 13.1 Å². The molecule has 0 aliphatic carbocycles. The first-order chi connectivity index (χ1) is 9.15. The van der Waals surface area contributed by atoms with Crippen LogP contribution in [0.2, 0.25) is 0 Å². The van der Waals surface area contributed by atoms with E-state index in [1.165, 1.54) is 12.1 Å². The van der Waals surface area contributed by atoms with Crippen molar-refractivity contribution in [3.63, 3.8) is 0 Å². The van der Waals surface area contributed by atoms with Crippen LogP contribution in [0.1, 0.15) is 24.5 Å². The molecular weight excluding hydrogens is 245 g/mol. The van der Waals surface area contributed by atoms with E-state index in [4.69, 9.17) is 5.26 Å². The highest BCUT2D eigenvalue weighted by atomic mass is 19.1. The van der Waals surface area contributed by atoms with E-state index in [0.717, 1.165) is 12.0 Å². The maximum Gasteiger partial charge on any atom is 0.328 e. The highest BCUT2D eigenvalue weighted by molar-refractivity contribution is 5.34. The topological polar surface area (TPSA) is 50.7 Å². The molecular formula is C14H14FN3O. The predicted octanol–water partition coefficient (Wildman–Crippen LogP) is 2.12. The summed E-state index contributed by atoms with van der Waals surface area (Å²) in [6.45, 7) is 3.02. The second-order valence-electron chi connectivity index (χ2n) is 4.33. The molecule has 0 atom stereocenters. The largest absolute Gasteiger partial charge is 0.328 e. The van der Waals surface area contributed by atoms with Crippen LogP contribution in [0.25, 0.3) is 0 Å². The Morgan fingerprint density at radius 2 is 2.05 bits per heavy atom. The average Bonchev–Trinajstić information content (AvgIpc) is 2.74. The van der Waals surface area contributed by atoms with E-state index >= 15 is 0 Å². The molecule has 0 unspecified atom stereocenters. The van der Waals surface area contributed by atoms with Crippen LogP contribution in [-0.4, -0.2) is 9.13 Å². The Hall–Kier alpha value is -2.35. The van der Waals surface area contributed by atoms with Crippen LogP contribution in [0.4, 0.5) is 4.39 Å². The molecule has 1 aromatic carbocycles. The maximum atomic E-state index is 13.2. The molecule has 19 heavy (non-hydrogen) atoms. The smallest absolute Gasteiger partial charge is 0.299 e. The van der Waals surface area contributed by atoms with Crippen molar-refractivity contribution in [3.05, 3.63) is 58.0 Å². The number of nitriles is 1. The standard InChI is InChI=1S/C14H14FN3O/c1-2-5-17-6-7-18(14(17)19)10-11-3-4-13(15)12(8-11)9-16/h3-4,6-8H,2,5,10H2,1H3. The molecule has 5 heteroatoms. The van der Waals surface area contributed by atoms with Gasteiger partial charge < -0.3 is 0 Å². The minimum atomic E-state index is -0.540. The molecule has 0 radical (unpaired) electrons. The second-order valence-corrected chi connectivity index (χ2v) is 4.33. The number of nitrogens with zero attached hydrogens (tertiary/aromatic N) is 3. The number of benzene rings is 1. The van der Waals surface area contributed by atoms with Gasteiger partial charge in [0.25, 0.3) is 0 Å². The number of imidazole rings is 1. The summed E-state index contributed by atoms with van der Waals surface area (Å²) in [5, 5.41) is 8.77. The Bertz CT molecular complexity index is 679. The Balaban J connectivity index is 2.27. The van der Waals surface area contributed by atoms with Crippen LogP contribution >= 0.6 is 0 Å². The molecule has 0 N–H and O–H groups in total. The number of rotatable bonds is 4. The first kappa shape index (κ1) is 13.1. The van der Waals surface area contributed by atoms with Gasteiger partial charge in [0.05, 0.1) is 12.1 Å². The van der Waals surface area contributed by atoms with Gasteiger partial charge in [-0.2, -0.15) is 5.26 Å². The summed E-state index contributed by atoms with van der Waals surface area (Å²) in [5.74, 6) is -0.540. The van der Waals surface area contributed by atoms with Gasteiger partial charge in [-0.1, -0.05) is 13.0 Å². The third-order valence-electron chi connectivity index (χ3n) is 2.89. The molecule has 0 spiro atoms. The zero-order chi connectivity index (χ0) is 13.8. The highest BCUT2D eigenvalue weighted by Gasteiger charge is 2.06. The van der Waals surface area contributed by atoms with E-state index in [1.54, 1.807) is 33.7 Å². The lowest BCUT2D eigenvalue weighted by Crippen LogP contribution is -2.24. The van der Waals surface area contributed by atoms with Gasteiger partial charge in [0, 0.05) is 18.9 Å². The summed E-state index contributed by atoms with van der Waals surface area (Å²) < 4.78 is 16.4. The summed E-state index contributed by atoms with van der Waals surface area (Å²) in [7, 11) is 0. The summed E-state index contributed by atoms with van der Waals surface area (Å²) in [4.78, 5) is 12.0. The van der Waals surface area contributed by atoms with Crippen molar-refractivity contribution in [1.82, 2.24) is 9.13 Å². The van der Waals surface area contributed by atoms with Gasteiger partial charge in [0.15, 0.2) is 0 Å². The zero-order valence-electron chi connectivity index (χ0n) is 10.6. The van der Waals surface area contributed by atoms with Crippen LogP contribution in [0.5, 0.6) is 0 Å². The predicted molar refractivity (Wildman–Crippen MR) is 69.2 cm³/mol. The lowest BCUT2D eigenvalue weighted by atomic mass is 10.1. The molecule has 0 saturated heterocycles. The minimum absolute atomic E-state index is 0.00135. The van der Waals surface area contributed by atoms with Crippen molar-refractivity contribution in [2.24, 2.45) is 0 Å². The van der Waals surface area contributed by atoms with Gasteiger partial charge in [-0.25, -0.2) is 9.18 Å². The fourth-order valence-electron chi connectivity index (χ4n) is 1.94. The van der Waals surface area contributed by atoms with Crippen molar-refractivity contribution >= 4 is 0 Å². The van der Waals surface area contributed by atoms with Crippen LogP contribution in [0.3, 0.4) is 0 Å². The number of aromatic nitrogens is 2. The van der Waals surface area contributed by atoms with Crippen LogP contribution < -0.4 is 5.69 Å². The normalized spacial score (nSPS) is 10.4. The number of aryl methyl sites for hydroxylation is 1. The van der Waals surface area contributed by atoms with Gasteiger partial charge in [-0.3, -0.25) is 9.13 Å². The first-order valence-electron chi connectivity index (χ1n) is 6.09. The van der Waals surface area contributed by atoms with Gasteiger partial charge in [0.2, 0.25) is 0 Å². The van der Waals surface area contributed by atoms with Crippen molar-refractivity contribution in [1.29, 1.82) is 5.26 Å². The Labute approximate surface area is 110 Å². The molecule has 0 aliphatic rings. The number of hydrogen-bond acceptors (Lipinski definition) is 2. The maximum absolute atomic E-state index is 13.2. The highest BCUT2D eigenvalue weighted by Crippen LogP contribution is 2.10. The van der Waals surface area contributed by atoms with E-state index in [-0.39, 0.29) is 11.3 Å². The average molecular weight is 259 g/mol. The molecule has 0 saturated carbocycles. The Morgan fingerprint density at radius 3 is 2.74 bits per heavy atom. The monoisotopic (exact) mass is 259 g/mol. The summed E-state index contributed by atoms with van der Waals surface area (Å²) in [5.41, 5.74) is 0.637. The molecule has 0 amide bonds. The van der Waals surface area contributed by atoms with E-state index in [1.807, 2.05) is 6.92 Å². The Morgan fingerprint density at radius 1 is 1.32 bits per heavy atom. The van der Waals surface area contributed by atoms with E-state index < -0.39 is 5.82 Å². The van der Waals surface area contributed by atoms with Crippen molar-refractivity contribution in [3.8, 4) is 6.07 Å². The number of hydrogen-bond donors (Lipinski definition) is 0. The van der Waals surface area contributed by atoms with Gasteiger partial charge in [-0.05, 0) is 24.1 Å². The Kier molecular flexibility index (Phi) is 3.81. The molecule has 1 aromatic heterocycles. The fourth-order valence-corrected chi connectivity index (χ4v) is 1.94. The fraction of sp³-hybridized carbons (Fsp3) is 0.286. The van der Waals surface area contributed by atoms with Gasteiger partial charge in [0.1, 0.15) is 11.9 Å². The number of halogens is 1. The quantitative estimate of drug-likeness (QED) is 0.844. The molecule has 0 fully saturated rings. The van der Waals surface area contributed by atoms with E-state index in [2.05, 4.69) is 0 Å². The zero-order valence-corrected chi connectivity index (χ0v) is 10.6. The molecule has 2 aromatic rings. The molecule has 98 valence electrons. The lowest BCUT2D eigenvalue weighted by Gasteiger charge is -2.03. The SMILES string of the molecule is CCCn1ccn(Cc2ccc(F)c(C#N)c2)c1=O. The summed E-state index contributed by atoms with van der Waals surface area (Å²) in [6, 6.07) is 6.10. The third kappa shape index (κ3) is 2.74. The molecule has 1 heterocycles. The van der Waals surface area contributed by atoms with Crippen LogP contribution in [0.15, 0.2) is 35.4 Å². The van der Waals surface area contributed by atoms with Crippen molar-refractivity contribution < 1.29 is 4.39 Å². The molecule has 2 rings (SSSR count). The summed E-state index contributed by atoms with van der Waals surface area (Å²) >= 11 is 0. The second kappa shape index (κ2) is 5.53. The third-order valence-corrected chi connectivity index (χ3v) is 2.89. The van der Waals surface area contributed by atoms with Crippen LogP contribution in [-0.2, 0) is 13.1 Å². The minimum Gasteiger partial charge on any atom is -0.299 e. The molecule has 4 nitrogen and oxygen atoms in total. The van der Waals surface area contributed by atoms with Crippen molar-refractivity contribution in [2.75, 3.05) is 0 Å². The lowest BCUT2D eigenvalue weighted by molar-refractivity contribution is 0.616. The van der Waals surface area contributed by atoms with Crippen molar-refractivity contribution in [2.45, 2.75) is 26.4 Å².